The molecule has 20 heavy (non-hydrogen) atoms. The van der Waals surface area contributed by atoms with Crippen LogP contribution >= 0.6 is 0 Å². The first-order chi connectivity index (χ1) is 7.85. The summed E-state index contributed by atoms with van der Waals surface area (Å²) in [5.41, 5.74) is -7.64. The van der Waals surface area contributed by atoms with Gasteiger partial charge in [0.05, 0.1) is 0 Å². The molecule has 1 rings (SSSR count). The van der Waals surface area contributed by atoms with Gasteiger partial charge in [-0.15, -0.1) is 0 Å². The van der Waals surface area contributed by atoms with E-state index in [0.29, 0.717) is 0 Å². The Balaban J connectivity index is 0. The molecule has 0 amide bonds. The molecule has 0 radical (unpaired) electrons. The molecule has 0 aliphatic rings. The molecule has 0 aliphatic heterocycles. The van der Waals surface area contributed by atoms with E-state index < -0.39 is 35.2 Å². The second kappa shape index (κ2) is 6.61. The number of rotatable bonds is 0. The molecule has 0 heterocycles. The first-order valence-corrected chi connectivity index (χ1v) is 4.11. The van der Waals surface area contributed by atoms with Crippen LogP contribution in [-0.4, -0.2) is 23.1 Å². The van der Waals surface area contributed by atoms with E-state index in [0.717, 1.165) is 6.07 Å². The summed E-state index contributed by atoms with van der Waals surface area (Å²) in [6, 6.07) is 1.21. The molecule has 0 aliphatic carbocycles. The smallest absolute Gasteiger partial charge is 1.00 e. The molecule has 0 spiro atoms. The average Bonchev–Trinajstić information content (AvgIpc) is 2.12. The van der Waals surface area contributed by atoms with Crippen LogP contribution in [0.15, 0.2) is 12.1 Å². The quantitative estimate of drug-likeness (QED) is 0.378. The maximum Gasteiger partial charge on any atom is 2.00 e. The minimum absolute atomic E-state index is 0. The van der Waals surface area contributed by atoms with Crippen molar-refractivity contribution in [3.05, 3.63) is 34.9 Å². The Hall–Kier alpha value is -0.354. The van der Waals surface area contributed by atoms with Crippen molar-refractivity contribution in [1.29, 1.82) is 0 Å². The normalized spacial score (nSPS) is 12.4. The topological polar surface area (TPSA) is 0 Å². The van der Waals surface area contributed by atoms with Crippen LogP contribution in [0.4, 0.5) is 39.5 Å². The first-order valence-electron chi connectivity index (χ1n) is 4.11. The number of hydrogen-bond acceptors (Lipinski definition) is 0. The third-order valence-electron chi connectivity index (χ3n) is 1.87. The number of alkyl halides is 9. The van der Waals surface area contributed by atoms with E-state index in [1.165, 1.54) is 0 Å². The Bertz CT molecular complexity index is 414. The largest absolute Gasteiger partial charge is 2.00 e. The zero-order valence-corrected chi connectivity index (χ0v) is 11.3. The van der Waals surface area contributed by atoms with Crippen molar-refractivity contribution < 1.29 is 51.9 Å². The summed E-state index contributed by atoms with van der Waals surface area (Å²) in [5, 5.41) is 0. The molecule has 0 saturated carbocycles. The molecule has 0 fully saturated rings. The summed E-state index contributed by atoms with van der Waals surface area (Å²) in [4.78, 5) is 0. The van der Waals surface area contributed by atoms with Crippen LogP contribution in [0.25, 0.3) is 0 Å². The predicted molar refractivity (Wildman–Crippen MR) is 46.0 cm³/mol. The zero-order chi connectivity index (χ0) is 14.4. The van der Waals surface area contributed by atoms with Crippen LogP contribution in [0.5, 0.6) is 0 Å². The van der Waals surface area contributed by atoms with Crippen LogP contribution in [0.1, 0.15) is 16.7 Å². The van der Waals surface area contributed by atoms with Gasteiger partial charge in [0.25, 0.3) is 0 Å². The zero-order valence-electron chi connectivity index (χ0n) is 9.14. The summed E-state index contributed by atoms with van der Waals surface area (Å²) in [7, 11) is 0. The van der Waals surface area contributed by atoms with Crippen LogP contribution in [0.3, 0.4) is 0 Å². The fraction of sp³-hybridized carbons (Fsp3) is 0.333. The maximum atomic E-state index is 12.3. The Kier molecular flexibility index (Phi) is 7.25. The maximum absolute atomic E-state index is 12.3. The van der Waals surface area contributed by atoms with Gasteiger partial charge in [0.1, 0.15) is 0 Å². The summed E-state index contributed by atoms with van der Waals surface area (Å²) in [6.45, 7) is 0. The molecule has 0 atom stereocenters. The third-order valence-corrected chi connectivity index (χ3v) is 1.87. The molecule has 0 unspecified atom stereocenters. The fourth-order valence-corrected chi connectivity index (χ4v) is 1.25. The van der Waals surface area contributed by atoms with E-state index in [4.69, 9.17) is 0 Å². The molecular weight excluding hydrogens is 339 g/mol. The van der Waals surface area contributed by atoms with Gasteiger partial charge in [-0.1, -0.05) is 0 Å². The Morgan fingerprint density at radius 1 is 0.750 bits per heavy atom. The minimum Gasteiger partial charge on any atom is -1.00 e. The summed E-state index contributed by atoms with van der Waals surface area (Å²) >= 11 is 0. The molecule has 0 N–H and O–H groups in total. The first kappa shape index (κ1) is 21.9. The van der Waals surface area contributed by atoms with Crippen LogP contribution in [-0.2, 0) is 18.5 Å². The van der Waals surface area contributed by atoms with E-state index >= 15 is 0 Å². The third kappa shape index (κ3) is 4.88. The van der Waals surface area contributed by atoms with Crippen LogP contribution in [0.2, 0.25) is 0 Å². The Labute approximate surface area is 128 Å². The van der Waals surface area contributed by atoms with Crippen molar-refractivity contribution in [3.8, 4) is 0 Å². The molecule has 0 saturated heterocycles. The molecule has 0 nitrogen and oxygen atoms in total. The van der Waals surface area contributed by atoms with Gasteiger partial charge in [-0.05, 0) is 16.7 Å². The minimum atomic E-state index is -5.78. The van der Waals surface area contributed by atoms with Gasteiger partial charge in [0, 0.05) is 0 Å². The second-order valence-corrected chi connectivity index (χ2v) is 3.13. The molecule has 0 bridgehead atoms. The van der Waals surface area contributed by atoms with Crippen molar-refractivity contribution in [2.24, 2.45) is 0 Å². The molecule has 11 heteroatoms. The Morgan fingerprint density at radius 3 is 1.50 bits per heavy atom. The summed E-state index contributed by atoms with van der Waals surface area (Å²) < 4.78 is 111. The SMILES string of the molecule is FC(F)(F)c1[c-]ccc(C(F)(F)F)c1C(F)(F)F.[Cl-].[Mg+2]. The molecular formula is C9H2ClF9Mg. The monoisotopic (exact) mass is 340 g/mol. The van der Waals surface area contributed by atoms with Gasteiger partial charge in [0.15, 0.2) is 0 Å². The van der Waals surface area contributed by atoms with E-state index in [2.05, 4.69) is 0 Å². The molecule has 0 aromatic heterocycles. The van der Waals surface area contributed by atoms with Gasteiger partial charge in [0.2, 0.25) is 0 Å². The van der Waals surface area contributed by atoms with E-state index in [-0.39, 0.29) is 47.6 Å². The number of hydrogen-bond donors (Lipinski definition) is 0. The van der Waals surface area contributed by atoms with E-state index in [1.807, 2.05) is 0 Å². The van der Waals surface area contributed by atoms with Crippen molar-refractivity contribution >= 4 is 23.1 Å². The fourth-order valence-electron chi connectivity index (χ4n) is 1.25. The van der Waals surface area contributed by atoms with Crippen LogP contribution < -0.4 is 12.4 Å². The van der Waals surface area contributed by atoms with Crippen molar-refractivity contribution in [1.82, 2.24) is 0 Å². The summed E-state index contributed by atoms with van der Waals surface area (Å²) in [5.74, 6) is 0. The molecule has 110 valence electrons. The van der Waals surface area contributed by atoms with Gasteiger partial charge < -0.3 is 12.4 Å². The van der Waals surface area contributed by atoms with Crippen molar-refractivity contribution in [2.45, 2.75) is 18.5 Å². The Morgan fingerprint density at radius 2 is 1.20 bits per heavy atom. The van der Waals surface area contributed by atoms with Crippen LogP contribution in [0, 0.1) is 6.07 Å². The number of halogens is 10. The van der Waals surface area contributed by atoms with Gasteiger partial charge >= 0.3 is 41.6 Å². The van der Waals surface area contributed by atoms with E-state index in [9.17, 15) is 39.5 Å². The van der Waals surface area contributed by atoms with Gasteiger partial charge in [-0.3, -0.25) is 0 Å². The molecule has 1 aromatic rings. The molecule has 1 aromatic carbocycles. The van der Waals surface area contributed by atoms with E-state index in [1.54, 1.807) is 0 Å². The second-order valence-electron chi connectivity index (χ2n) is 3.13. The van der Waals surface area contributed by atoms with Crippen molar-refractivity contribution in [3.63, 3.8) is 0 Å². The van der Waals surface area contributed by atoms with Crippen molar-refractivity contribution in [2.75, 3.05) is 0 Å². The predicted octanol–water partition coefficient (Wildman–Crippen LogP) is 1.17. The standard InChI is InChI=1S/C9H2F9.ClH.Mg/c10-7(11,12)4-2-1-3-5(8(13,14)15)6(4)9(16,17)18;;/h1-2H;1H;/q-1;;+2/p-1. The average molecular weight is 341 g/mol. The summed E-state index contributed by atoms with van der Waals surface area (Å²) in [6.07, 6.45) is -16.9. The van der Waals surface area contributed by atoms with Gasteiger partial charge in [-0.25, -0.2) is 0 Å². The van der Waals surface area contributed by atoms with Gasteiger partial charge in [-0.2, -0.15) is 57.7 Å². The number of benzene rings is 1.